The summed E-state index contributed by atoms with van der Waals surface area (Å²) in [6, 6.07) is 0.0419. The molecule has 3 atom stereocenters. The molecular weight excluding hydrogens is 472 g/mol. The Hall–Kier alpha value is -2.20. The highest BCUT2D eigenvalue weighted by atomic mass is 16.3. The molecule has 10 heteroatoms. The number of amides is 2. The zero-order valence-corrected chi connectivity index (χ0v) is 23.8. The predicted octanol–water partition coefficient (Wildman–Crippen LogP) is 2.82. The number of hydrogen-bond acceptors (Lipinski definition) is 6. The summed E-state index contributed by atoms with van der Waals surface area (Å²) in [6.07, 6.45) is 5.35. The van der Waals surface area contributed by atoms with Gasteiger partial charge in [0.25, 0.3) is 5.91 Å². The Morgan fingerprint density at radius 2 is 1.38 bits per heavy atom. The highest BCUT2D eigenvalue weighted by Gasteiger charge is 2.24. The molecule has 0 aliphatic heterocycles. The van der Waals surface area contributed by atoms with Gasteiger partial charge in [-0.3, -0.25) is 20.4 Å². The Morgan fingerprint density at radius 3 is 1.92 bits per heavy atom. The molecule has 216 valence electrons. The molecule has 0 aromatic heterocycles. The van der Waals surface area contributed by atoms with Crippen LogP contribution in [0.5, 0.6) is 0 Å². The second-order valence-corrected chi connectivity index (χ2v) is 10.7. The van der Waals surface area contributed by atoms with E-state index in [2.05, 4.69) is 42.0 Å². The van der Waals surface area contributed by atoms with E-state index in [4.69, 9.17) is 10.8 Å². The first kappa shape index (κ1) is 34.8. The van der Waals surface area contributed by atoms with Gasteiger partial charge in [0, 0.05) is 44.9 Å². The van der Waals surface area contributed by atoms with Gasteiger partial charge in [0.05, 0.1) is 17.8 Å². The van der Waals surface area contributed by atoms with Gasteiger partial charge in [0.1, 0.15) is 0 Å². The van der Waals surface area contributed by atoms with Crippen LogP contribution in [0.25, 0.3) is 0 Å². The summed E-state index contributed by atoms with van der Waals surface area (Å²) in [5, 5.41) is 47.4. The Kier molecular flexibility index (Phi) is 18.7. The summed E-state index contributed by atoms with van der Waals surface area (Å²) in [7, 11) is 0. The number of amidine groups is 2. The van der Waals surface area contributed by atoms with Crippen molar-refractivity contribution in [3.05, 3.63) is 0 Å². The molecule has 0 saturated heterocycles. The van der Waals surface area contributed by atoms with Gasteiger partial charge >= 0.3 is 0 Å². The third-order valence-corrected chi connectivity index (χ3v) is 6.78. The van der Waals surface area contributed by atoms with Crippen molar-refractivity contribution in [1.29, 1.82) is 10.8 Å². The van der Waals surface area contributed by atoms with Gasteiger partial charge < -0.3 is 31.5 Å². The van der Waals surface area contributed by atoms with Crippen molar-refractivity contribution in [1.82, 2.24) is 21.3 Å². The predicted molar refractivity (Wildman–Crippen MR) is 150 cm³/mol. The van der Waals surface area contributed by atoms with Crippen molar-refractivity contribution < 1.29 is 19.8 Å². The zero-order valence-electron chi connectivity index (χ0n) is 23.8. The third kappa shape index (κ3) is 18.7. The van der Waals surface area contributed by atoms with Crippen molar-refractivity contribution in [2.24, 2.45) is 5.41 Å². The van der Waals surface area contributed by atoms with Crippen LogP contribution in [-0.4, -0.2) is 71.6 Å². The van der Waals surface area contributed by atoms with Crippen LogP contribution in [0.4, 0.5) is 0 Å². The van der Waals surface area contributed by atoms with Crippen LogP contribution in [0.1, 0.15) is 105 Å². The largest absolute Gasteiger partial charge is 0.390 e. The lowest BCUT2D eigenvalue weighted by Crippen LogP contribution is -2.45. The highest BCUT2D eigenvalue weighted by Crippen LogP contribution is 2.23. The summed E-state index contributed by atoms with van der Waals surface area (Å²) >= 11 is 0. The fourth-order valence-corrected chi connectivity index (χ4v) is 3.43. The summed E-state index contributed by atoms with van der Waals surface area (Å²) in [5.74, 6) is 0.0858. The summed E-state index contributed by atoms with van der Waals surface area (Å²) in [5.41, 5.74) is 0.314. The normalized spacial score (nSPS) is 13.8. The van der Waals surface area contributed by atoms with E-state index in [1.54, 1.807) is 0 Å². The fraction of sp³-hybridized carbons (Fsp3) is 0.852. The summed E-state index contributed by atoms with van der Waals surface area (Å²) < 4.78 is 0. The number of carbonyl (C=O) groups is 2. The molecule has 0 aromatic carbocycles. The molecule has 37 heavy (non-hydrogen) atoms. The fourth-order valence-electron chi connectivity index (χ4n) is 3.43. The van der Waals surface area contributed by atoms with Crippen LogP contribution in [-0.2, 0) is 9.59 Å². The molecule has 0 fully saturated rings. The van der Waals surface area contributed by atoms with E-state index in [1.165, 1.54) is 0 Å². The molecule has 0 rings (SSSR count). The van der Waals surface area contributed by atoms with E-state index < -0.39 is 18.1 Å². The number of aliphatic hydroxyl groups is 2. The maximum Gasteiger partial charge on any atom is 0.251 e. The van der Waals surface area contributed by atoms with Crippen LogP contribution in [0.2, 0.25) is 0 Å². The van der Waals surface area contributed by atoms with Crippen molar-refractivity contribution in [2.45, 2.75) is 123 Å². The minimum atomic E-state index is -1.60. The van der Waals surface area contributed by atoms with Gasteiger partial charge in [-0.05, 0) is 44.4 Å². The Bertz CT molecular complexity index is 686. The van der Waals surface area contributed by atoms with Gasteiger partial charge in [0.15, 0.2) is 6.10 Å². The number of carbonyl (C=O) groups excluding carboxylic acids is 2. The van der Waals surface area contributed by atoms with Crippen LogP contribution >= 0.6 is 0 Å². The van der Waals surface area contributed by atoms with Crippen LogP contribution in [0.15, 0.2) is 0 Å². The summed E-state index contributed by atoms with van der Waals surface area (Å²) in [6.45, 7) is 11.9. The number of nitrogens with one attached hydrogen (secondary N) is 6. The van der Waals surface area contributed by atoms with Crippen LogP contribution < -0.4 is 21.3 Å². The number of unbranched alkanes of at least 4 members (excludes halogenated alkanes) is 3. The van der Waals surface area contributed by atoms with E-state index in [0.29, 0.717) is 30.1 Å². The molecule has 2 amide bonds. The SMILES string of the molecule is CCC(C)NC(=O)CCC(O)C(O)C(=O)NCCNC(=N)CCCCCCC(=N)NCCC(C)(C)CC. The lowest BCUT2D eigenvalue weighted by molar-refractivity contribution is -0.136. The number of hydrogen-bond donors (Lipinski definition) is 8. The molecule has 0 heterocycles. The maximum atomic E-state index is 12.0. The minimum Gasteiger partial charge on any atom is -0.390 e. The third-order valence-electron chi connectivity index (χ3n) is 6.78. The van der Waals surface area contributed by atoms with E-state index in [9.17, 15) is 19.8 Å². The average molecular weight is 527 g/mol. The molecular formula is C27H54N6O4. The minimum absolute atomic E-state index is 0.00526. The van der Waals surface area contributed by atoms with Crippen LogP contribution in [0, 0.1) is 16.2 Å². The molecule has 0 saturated carbocycles. The van der Waals surface area contributed by atoms with Crippen molar-refractivity contribution >= 4 is 23.5 Å². The van der Waals surface area contributed by atoms with Gasteiger partial charge in [0.2, 0.25) is 5.91 Å². The molecule has 0 aliphatic rings. The highest BCUT2D eigenvalue weighted by molar-refractivity contribution is 5.82. The Balaban J connectivity index is 3.80. The topological polar surface area (TPSA) is 170 Å². The second kappa shape index (κ2) is 19.9. The number of rotatable bonds is 21. The Labute approximate surface area is 224 Å². The van der Waals surface area contributed by atoms with E-state index in [1.807, 2.05) is 13.8 Å². The van der Waals surface area contributed by atoms with Gasteiger partial charge in [-0.2, -0.15) is 0 Å². The quantitative estimate of drug-likeness (QED) is 0.0649. The standard InChI is InChI=1S/C27H54N6O4/c1-6-20(3)33-24(35)15-14-21(34)25(36)26(37)32-19-18-31-23(29)13-11-9-8-10-12-22(28)30-17-16-27(4,5)7-2/h20-21,25,34,36H,6-19H2,1-5H3,(H2,28,30)(H2,29,31)(H,32,37)(H,33,35). The van der Waals surface area contributed by atoms with Gasteiger partial charge in [-0.1, -0.05) is 47.0 Å². The zero-order chi connectivity index (χ0) is 28.3. The van der Waals surface area contributed by atoms with E-state index >= 15 is 0 Å². The molecule has 3 unspecified atom stereocenters. The van der Waals surface area contributed by atoms with E-state index in [-0.39, 0.29) is 31.3 Å². The Morgan fingerprint density at radius 1 is 0.838 bits per heavy atom. The maximum absolute atomic E-state index is 12.0. The lowest BCUT2D eigenvalue weighted by atomic mass is 9.86. The molecule has 0 spiro atoms. The van der Waals surface area contributed by atoms with Crippen molar-refractivity contribution in [3.63, 3.8) is 0 Å². The first-order valence-electron chi connectivity index (χ1n) is 14.0. The van der Waals surface area contributed by atoms with E-state index in [0.717, 1.165) is 57.9 Å². The number of aliphatic hydroxyl groups excluding tert-OH is 2. The van der Waals surface area contributed by atoms with Crippen LogP contribution in [0.3, 0.4) is 0 Å². The monoisotopic (exact) mass is 526 g/mol. The first-order chi connectivity index (χ1) is 17.4. The average Bonchev–Trinajstić information content (AvgIpc) is 2.86. The van der Waals surface area contributed by atoms with Gasteiger partial charge in [-0.15, -0.1) is 0 Å². The molecule has 0 aliphatic carbocycles. The van der Waals surface area contributed by atoms with Crippen molar-refractivity contribution in [2.75, 3.05) is 19.6 Å². The lowest BCUT2D eigenvalue weighted by Gasteiger charge is -2.22. The summed E-state index contributed by atoms with van der Waals surface area (Å²) in [4.78, 5) is 23.8. The molecule has 0 aromatic rings. The smallest absolute Gasteiger partial charge is 0.251 e. The van der Waals surface area contributed by atoms with Gasteiger partial charge in [-0.25, -0.2) is 0 Å². The molecule has 10 nitrogen and oxygen atoms in total. The first-order valence-corrected chi connectivity index (χ1v) is 14.0. The molecule has 8 N–H and O–H groups in total. The molecule has 0 radical (unpaired) electrons. The molecule has 0 bridgehead atoms. The van der Waals surface area contributed by atoms with Crippen molar-refractivity contribution in [3.8, 4) is 0 Å². The second-order valence-electron chi connectivity index (χ2n) is 10.7.